The van der Waals surface area contributed by atoms with E-state index in [9.17, 15) is 18.5 Å². The highest BCUT2D eigenvalue weighted by Gasteiger charge is 2.20. The fourth-order valence-corrected chi connectivity index (χ4v) is 3.35. The topological polar surface area (TPSA) is 101 Å². The molecule has 0 aliphatic carbocycles. The van der Waals surface area contributed by atoms with E-state index in [1.165, 1.54) is 28.6 Å². The molecular weight excluding hydrogens is 284 g/mol. The predicted molar refractivity (Wildman–Crippen MR) is 74.7 cm³/mol. The monoisotopic (exact) mass is 302 g/mol. The Kier molecular flexibility index (Phi) is 6.05. The molecule has 7 nitrogen and oxygen atoms in total. The first-order chi connectivity index (χ1) is 9.40. The molecule has 0 aliphatic rings. The van der Waals surface area contributed by atoms with Crippen LogP contribution in [0, 0.1) is 10.1 Å². The summed E-state index contributed by atoms with van der Waals surface area (Å²) in [6.45, 7) is 2.26. The number of aliphatic hydroxyl groups excluding tert-OH is 1. The molecule has 0 aromatic heterocycles. The molecule has 0 saturated heterocycles. The number of benzene rings is 1. The lowest BCUT2D eigenvalue weighted by Gasteiger charge is -2.20. The van der Waals surface area contributed by atoms with E-state index in [1.54, 1.807) is 6.92 Å². The minimum absolute atomic E-state index is 0.0659. The van der Waals surface area contributed by atoms with Crippen LogP contribution in [-0.4, -0.2) is 42.4 Å². The summed E-state index contributed by atoms with van der Waals surface area (Å²) in [5.41, 5.74) is 0.428. The van der Waals surface area contributed by atoms with Crippen LogP contribution in [0.25, 0.3) is 0 Å². The first kappa shape index (κ1) is 16.5. The molecule has 0 spiro atoms. The SMILES string of the molecule is CCN(CCCO)S(=O)(=O)Cc1ccc([N+](=O)[O-])cc1. The molecule has 0 amide bonds. The maximum atomic E-state index is 12.2. The third-order valence-electron chi connectivity index (χ3n) is 2.81. The van der Waals surface area contributed by atoms with Gasteiger partial charge < -0.3 is 5.11 Å². The lowest BCUT2D eigenvalue weighted by molar-refractivity contribution is -0.384. The number of hydrogen-bond acceptors (Lipinski definition) is 5. The largest absolute Gasteiger partial charge is 0.396 e. The zero-order chi connectivity index (χ0) is 15.2. The lowest BCUT2D eigenvalue weighted by Crippen LogP contribution is -2.33. The number of hydrogen-bond donors (Lipinski definition) is 1. The summed E-state index contributed by atoms with van der Waals surface area (Å²) in [5, 5.41) is 19.3. The van der Waals surface area contributed by atoms with E-state index in [0.29, 0.717) is 18.5 Å². The number of sulfonamides is 1. The van der Waals surface area contributed by atoms with Gasteiger partial charge in [0.2, 0.25) is 10.0 Å². The molecule has 112 valence electrons. The van der Waals surface area contributed by atoms with E-state index in [1.807, 2.05) is 0 Å². The molecule has 20 heavy (non-hydrogen) atoms. The molecule has 0 aliphatic heterocycles. The zero-order valence-corrected chi connectivity index (χ0v) is 12.0. The first-order valence-corrected chi connectivity index (χ1v) is 7.83. The normalized spacial score (nSPS) is 11.8. The van der Waals surface area contributed by atoms with Crippen LogP contribution in [0.2, 0.25) is 0 Å². The lowest BCUT2D eigenvalue weighted by atomic mass is 10.2. The Labute approximate surface area is 118 Å². The van der Waals surface area contributed by atoms with Crippen molar-refractivity contribution >= 4 is 15.7 Å². The fraction of sp³-hybridized carbons (Fsp3) is 0.500. The Morgan fingerprint density at radius 2 is 1.90 bits per heavy atom. The molecule has 1 aromatic carbocycles. The Hall–Kier alpha value is -1.51. The van der Waals surface area contributed by atoms with Gasteiger partial charge in [-0.25, -0.2) is 12.7 Å². The number of non-ortho nitro benzene ring substituents is 1. The fourth-order valence-electron chi connectivity index (χ4n) is 1.76. The second kappa shape index (κ2) is 7.32. The molecule has 0 saturated carbocycles. The molecule has 0 radical (unpaired) electrons. The quantitative estimate of drug-likeness (QED) is 0.573. The maximum Gasteiger partial charge on any atom is 0.269 e. The Morgan fingerprint density at radius 1 is 1.30 bits per heavy atom. The number of nitro groups is 1. The van der Waals surface area contributed by atoms with E-state index in [-0.39, 0.29) is 24.6 Å². The molecule has 0 heterocycles. The standard InChI is InChI=1S/C12H18N2O5S/c1-2-13(8-3-9-15)20(18,19)10-11-4-6-12(7-5-11)14(16)17/h4-7,15H,2-3,8-10H2,1H3. The molecule has 0 fully saturated rings. The minimum Gasteiger partial charge on any atom is -0.396 e. The van der Waals surface area contributed by atoms with Gasteiger partial charge in [-0.15, -0.1) is 0 Å². The van der Waals surface area contributed by atoms with E-state index >= 15 is 0 Å². The summed E-state index contributed by atoms with van der Waals surface area (Å²) in [6.07, 6.45) is 0.382. The summed E-state index contributed by atoms with van der Waals surface area (Å²) in [4.78, 5) is 10.00. The van der Waals surface area contributed by atoms with Crippen LogP contribution in [0.15, 0.2) is 24.3 Å². The highest BCUT2D eigenvalue weighted by Crippen LogP contribution is 2.16. The summed E-state index contributed by atoms with van der Waals surface area (Å²) in [5.74, 6) is -0.204. The average Bonchev–Trinajstić information content (AvgIpc) is 2.39. The van der Waals surface area contributed by atoms with E-state index < -0.39 is 14.9 Å². The second-order valence-electron chi connectivity index (χ2n) is 4.25. The Bertz CT molecular complexity index is 541. The van der Waals surface area contributed by atoms with Crippen molar-refractivity contribution < 1.29 is 18.4 Å². The van der Waals surface area contributed by atoms with Crippen molar-refractivity contribution in [3.63, 3.8) is 0 Å². The molecule has 8 heteroatoms. The van der Waals surface area contributed by atoms with Crippen LogP contribution in [0.4, 0.5) is 5.69 Å². The van der Waals surface area contributed by atoms with Crippen LogP contribution < -0.4 is 0 Å². The number of nitro benzene ring substituents is 1. The van der Waals surface area contributed by atoms with Gasteiger partial charge in [-0.05, 0) is 12.0 Å². The summed E-state index contributed by atoms with van der Waals surface area (Å²) in [6, 6.07) is 5.45. The van der Waals surface area contributed by atoms with Gasteiger partial charge in [-0.2, -0.15) is 0 Å². The van der Waals surface area contributed by atoms with Crippen LogP contribution in [-0.2, 0) is 15.8 Å². The van der Waals surface area contributed by atoms with Gasteiger partial charge in [-0.3, -0.25) is 10.1 Å². The van der Waals surface area contributed by atoms with Gasteiger partial charge in [0.1, 0.15) is 0 Å². The third-order valence-corrected chi connectivity index (χ3v) is 4.73. The molecule has 0 bridgehead atoms. The number of nitrogens with zero attached hydrogens (tertiary/aromatic N) is 2. The molecule has 0 unspecified atom stereocenters. The van der Waals surface area contributed by atoms with Crippen molar-refractivity contribution in [3.05, 3.63) is 39.9 Å². The highest BCUT2D eigenvalue weighted by atomic mass is 32.2. The summed E-state index contributed by atoms with van der Waals surface area (Å²) >= 11 is 0. The van der Waals surface area contributed by atoms with Crippen LogP contribution in [0.5, 0.6) is 0 Å². The van der Waals surface area contributed by atoms with Gasteiger partial charge >= 0.3 is 0 Å². The highest BCUT2D eigenvalue weighted by molar-refractivity contribution is 7.88. The smallest absolute Gasteiger partial charge is 0.269 e. The molecular formula is C12H18N2O5S. The van der Waals surface area contributed by atoms with Crippen molar-refractivity contribution in [1.82, 2.24) is 4.31 Å². The van der Waals surface area contributed by atoms with Gasteiger partial charge in [0.15, 0.2) is 0 Å². The number of aliphatic hydroxyl groups is 1. The maximum absolute atomic E-state index is 12.2. The average molecular weight is 302 g/mol. The third kappa shape index (κ3) is 4.55. The molecule has 1 N–H and O–H groups in total. The van der Waals surface area contributed by atoms with Gasteiger partial charge in [-0.1, -0.05) is 19.1 Å². The van der Waals surface area contributed by atoms with Gasteiger partial charge in [0.05, 0.1) is 10.7 Å². The minimum atomic E-state index is -3.48. The van der Waals surface area contributed by atoms with E-state index in [0.717, 1.165) is 0 Å². The summed E-state index contributed by atoms with van der Waals surface area (Å²) < 4.78 is 25.6. The first-order valence-electron chi connectivity index (χ1n) is 6.22. The van der Waals surface area contributed by atoms with Crippen molar-refractivity contribution in [2.45, 2.75) is 19.1 Å². The predicted octanol–water partition coefficient (Wildman–Crippen LogP) is 1.13. The van der Waals surface area contributed by atoms with E-state index in [2.05, 4.69) is 0 Å². The van der Waals surface area contributed by atoms with Gasteiger partial charge in [0, 0.05) is 31.8 Å². The zero-order valence-electron chi connectivity index (χ0n) is 11.2. The van der Waals surface area contributed by atoms with E-state index in [4.69, 9.17) is 5.11 Å². The van der Waals surface area contributed by atoms with Crippen molar-refractivity contribution in [1.29, 1.82) is 0 Å². The van der Waals surface area contributed by atoms with Crippen LogP contribution in [0.1, 0.15) is 18.9 Å². The van der Waals surface area contributed by atoms with Crippen molar-refractivity contribution in [2.75, 3.05) is 19.7 Å². The van der Waals surface area contributed by atoms with Crippen LogP contribution in [0.3, 0.4) is 0 Å². The number of rotatable bonds is 8. The Morgan fingerprint density at radius 3 is 2.35 bits per heavy atom. The van der Waals surface area contributed by atoms with Crippen LogP contribution >= 0.6 is 0 Å². The van der Waals surface area contributed by atoms with Crippen molar-refractivity contribution in [3.8, 4) is 0 Å². The van der Waals surface area contributed by atoms with Crippen molar-refractivity contribution in [2.24, 2.45) is 0 Å². The second-order valence-corrected chi connectivity index (χ2v) is 6.22. The van der Waals surface area contributed by atoms with Gasteiger partial charge in [0.25, 0.3) is 5.69 Å². The molecule has 1 rings (SSSR count). The Balaban J connectivity index is 2.81. The summed E-state index contributed by atoms with van der Waals surface area (Å²) in [7, 11) is -3.48. The molecule has 1 aromatic rings. The molecule has 0 atom stereocenters.